The van der Waals surface area contributed by atoms with Crippen LogP contribution in [0.5, 0.6) is 0 Å². The third kappa shape index (κ3) is 35.1. The smallest absolute Gasteiger partial charge is 0.870 e. The van der Waals surface area contributed by atoms with Crippen molar-refractivity contribution < 1.29 is 69.5 Å². The molecule has 33 heteroatoms. The van der Waals surface area contributed by atoms with Crippen LogP contribution in [-0.2, 0) is 64.1 Å². The van der Waals surface area contributed by atoms with E-state index in [-0.39, 0.29) is 86.9 Å². The molecule has 0 bridgehead atoms. The van der Waals surface area contributed by atoms with Crippen molar-refractivity contribution in [2.24, 2.45) is 0 Å². The summed E-state index contributed by atoms with van der Waals surface area (Å²) in [6.07, 6.45) is 18.1. The molecule has 0 saturated heterocycles. The van der Waals surface area contributed by atoms with Crippen molar-refractivity contribution in [3.05, 3.63) is 288 Å². The average Bonchev–Trinajstić information content (AvgIpc) is 1.58. The molecular formula is C95H110Br5N16NaO11. The molecule has 8 saturated carbocycles. The summed E-state index contributed by atoms with van der Waals surface area (Å²) >= 11 is 16.5. The van der Waals surface area contributed by atoms with Gasteiger partial charge in [0.25, 0.3) is 16.5 Å². The molecule has 9 aromatic carbocycles. The Hall–Kier alpha value is -10.7. The van der Waals surface area contributed by atoms with Gasteiger partial charge in [0.15, 0.2) is 0 Å². The number of hydrogen-bond donors (Lipinski definition) is 9. The molecular weight excluding hydrogens is 1960 g/mol. The normalized spacial score (nSPS) is 15.9. The van der Waals surface area contributed by atoms with Gasteiger partial charge in [-0.15, -0.1) is 10.1 Å². The van der Waals surface area contributed by atoms with Gasteiger partial charge in [-0.3, -0.25) is 29.8 Å². The van der Waals surface area contributed by atoms with Crippen molar-refractivity contribution in [3.8, 4) is 30.3 Å². The summed E-state index contributed by atoms with van der Waals surface area (Å²) in [4.78, 5) is 48.3. The molecule has 0 spiro atoms. The number of rotatable bonds is 12. The number of anilines is 8. The first-order chi connectivity index (χ1) is 59.0. The second-order valence-electron chi connectivity index (χ2n) is 32.7. The Bertz CT molecular complexity index is 5290. The van der Waals surface area contributed by atoms with Crippen molar-refractivity contribution in [1.29, 1.82) is 26.3 Å². The summed E-state index contributed by atoms with van der Waals surface area (Å²) in [5.41, 5.74) is 59.9. The molecule has 0 aromatic heterocycles. The molecule has 8 aliphatic carbocycles. The molecule has 27 nitrogen and oxygen atoms in total. The monoisotopic (exact) mass is 2070 g/mol. The molecule has 8 fully saturated rings. The van der Waals surface area contributed by atoms with E-state index in [4.69, 9.17) is 87.5 Å². The van der Waals surface area contributed by atoms with E-state index >= 15 is 0 Å². The molecule has 0 radical (unpaired) electrons. The molecule has 0 heterocycles. The maximum Gasteiger partial charge on any atom is 1.00 e. The Morgan fingerprint density at radius 1 is 0.375 bits per heavy atom. The average molecular weight is 2070 g/mol. The number of nitrogen functional groups attached to an aromatic ring is 8. The molecule has 672 valence electrons. The van der Waals surface area contributed by atoms with E-state index < -0.39 is 32.3 Å². The van der Waals surface area contributed by atoms with Gasteiger partial charge in [-0.25, -0.2) is 0 Å². The minimum absolute atomic E-state index is 0. The Morgan fingerprint density at radius 3 is 0.859 bits per heavy atom. The fourth-order valence-corrected chi connectivity index (χ4v) is 13.2. The number of nitro groups is 2. The Balaban J connectivity index is 0.000000364. The Morgan fingerprint density at radius 2 is 0.602 bits per heavy atom. The van der Waals surface area contributed by atoms with Crippen molar-refractivity contribution in [2.45, 2.75) is 201 Å². The topological polar surface area (TPSA) is 550 Å². The van der Waals surface area contributed by atoms with Gasteiger partial charge in [0, 0.05) is 61.4 Å². The molecule has 8 aliphatic rings. The molecule has 0 aliphatic heterocycles. The second kappa shape index (κ2) is 50.3. The minimum atomic E-state index is -1.50. The number of benzene rings is 9. The minimum Gasteiger partial charge on any atom is -0.870 e. The van der Waals surface area contributed by atoms with Crippen LogP contribution < -0.4 is 75.4 Å². The zero-order valence-corrected chi connectivity index (χ0v) is 82.0. The first kappa shape index (κ1) is 112. The van der Waals surface area contributed by atoms with E-state index in [9.17, 15) is 29.8 Å². The van der Waals surface area contributed by atoms with Crippen LogP contribution in [0.25, 0.3) is 0 Å². The van der Waals surface area contributed by atoms with Crippen LogP contribution >= 0.6 is 79.6 Å². The zero-order chi connectivity index (χ0) is 92.9. The number of hydrogen-bond acceptors (Lipinski definition) is 23. The number of nitriles is 5. The number of halogens is 5. The fourth-order valence-electron chi connectivity index (χ4n) is 12.4. The first-order valence-electron chi connectivity index (χ1n) is 40.0. The quantitative estimate of drug-likeness (QED) is 0.0104. The van der Waals surface area contributed by atoms with E-state index in [0.29, 0.717) is 51.0 Å². The van der Waals surface area contributed by atoms with Crippen molar-refractivity contribution in [2.75, 3.05) is 56.5 Å². The molecule has 0 unspecified atom stereocenters. The fraction of sp³-hybridized carbons (Fsp3) is 0.358. The predicted octanol–water partition coefficient (Wildman–Crippen LogP) is 19.4. The third-order valence-electron chi connectivity index (χ3n) is 22.5. The third-order valence-corrected chi connectivity index (χ3v) is 26.0. The largest absolute Gasteiger partial charge is 1.00 e. The first-order valence-corrected chi connectivity index (χ1v) is 44.6. The molecule has 0 atom stereocenters. The van der Waals surface area contributed by atoms with Gasteiger partial charge in [0.1, 0.15) is 11.4 Å². The van der Waals surface area contributed by atoms with Crippen LogP contribution in [0.15, 0.2) is 208 Å². The van der Waals surface area contributed by atoms with Crippen molar-refractivity contribution in [3.63, 3.8) is 0 Å². The number of esters is 2. The van der Waals surface area contributed by atoms with E-state index in [0.717, 1.165) is 123 Å². The second-order valence-corrected chi connectivity index (χ2v) is 37.0. The van der Waals surface area contributed by atoms with E-state index in [1.165, 1.54) is 85.7 Å². The van der Waals surface area contributed by atoms with Crippen molar-refractivity contribution >= 4 is 148 Å². The zero-order valence-electron chi connectivity index (χ0n) is 72.1. The van der Waals surface area contributed by atoms with Crippen molar-refractivity contribution in [1.82, 2.24) is 0 Å². The number of carbonyl (C=O) groups is 2. The number of alkyl halides is 2. The van der Waals surface area contributed by atoms with Gasteiger partial charge in [0.05, 0.1) is 91.0 Å². The van der Waals surface area contributed by atoms with Gasteiger partial charge in [0.2, 0.25) is 0 Å². The molecule has 18 N–H and O–H groups in total. The summed E-state index contributed by atoms with van der Waals surface area (Å²) in [7, 11) is 0. The number of nitro benzene ring substituents is 2. The van der Waals surface area contributed by atoms with Crippen LogP contribution in [0.4, 0.5) is 56.9 Å². The SMILES string of the molecule is BrCCBr.C.CC(=O)OC(C)=O.CC1(c2ccc(Br)cc2)CC1.CC1(c2ccc(N)c(N)c2)CC1.CC1(c2ccc(N)c([N+](=O)[O-])c2)CC1.CC1(c2ccc(N)cc2)CC1.N#CC1(c2ccc(Br)cc2)CC1.N#CC1(c2ccc(N)c(N)c2)CC1.N#CC1(c2ccc(N)c([N+](=O)[O-])c2)CC1.N#CC1(c2ccc(N)cc2)CC1.N#CCc1ccc(Br)cc1.O=[N+]([O-])O.[Na+].[OH-]. The van der Waals surface area contributed by atoms with E-state index in [2.05, 4.69) is 185 Å². The number of nitrogens with two attached hydrogens (primary N) is 8. The number of carbonyl (C=O) groups excluding carboxylic acids is 2. The summed E-state index contributed by atoms with van der Waals surface area (Å²) < 4.78 is 7.26. The maximum absolute atomic E-state index is 10.7. The molecule has 128 heavy (non-hydrogen) atoms. The van der Waals surface area contributed by atoms with Gasteiger partial charge < -0.3 is 61.3 Å². The number of ether oxygens (including phenoxy) is 1. The van der Waals surface area contributed by atoms with Gasteiger partial charge >= 0.3 is 41.5 Å². The maximum atomic E-state index is 10.7. The van der Waals surface area contributed by atoms with Gasteiger partial charge in [-0.2, -0.15) is 26.3 Å². The molecule has 0 amide bonds. The van der Waals surface area contributed by atoms with E-state index in [1.54, 1.807) is 24.3 Å². The van der Waals surface area contributed by atoms with E-state index in [1.807, 2.05) is 115 Å². The van der Waals surface area contributed by atoms with Crippen LogP contribution in [0, 0.1) is 87.0 Å². The van der Waals surface area contributed by atoms with Gasteiger partial charge in [-0.05, 0) is 272 Å². The summed E-state index contributed by atoms with van der Waals surface area (Å²) in [6, 6.07) is 72.8. The Labute approximate surface area is 813 Å². The summed E-state index contributed by atoms with van der Waals surface area (Å²) in [5.74, 6) is -1.12. The predicted molar refractivity (Wildman–Crippen MR) is 519 cm³/mol. The summed E-state index contributed by atoms with van der Waals surface area (Å²) in [5, 5.41) is 81.1. The molecule has 17 rings (SSSR count). The molecule has 9 aromatic rings. The number of nitrogens with zero attached hydrogens (tertiary/aromatic N) is 8. The van der Waals surface area contributed by atoms with Crippen LogP contribution in [0.3, 0.4) is 0 Å². The summed E-state index contributed by atoms with van der Waals surface area (Å²) in [6.45, 7) is 11.4. The standard InChI is InChI=1S/C10H8BrN.C10H11Br.C10H9N3O2.C10H11N3.C10H12N2O2.C10H14N2.C10H10N2.C10H13N.C8H6BrN.C4H6O3.C2H4Br2.CH4.HNO3.Na.H2O/c11-9-3-1-8(2-4-9)10(7-12)5-6-10;1-10(6-7-10)8-2-4-9(11)5-3-8;11-6-10(3-4-10)7-1-2-8(12)9(5-7)13(14)15;11-6-10(3-4-10)7-1-2-8(12)9(13)5-7;1-10(4-5-10)7-2-3-8(11)9(6-7)12(13)14;1-10(4-5-10)7-2-3-8(11)9(12)6-7;11-7-10(5-6-10)8-1-3-9(12)4-2-8;1-10(6-7-10)8-2-4-9(11)5-3-8;9-8-3-1-7(2-4-8)5-6-10;1-3(5)7-4(2)6;3-1-2-4;;2-1(3)4;;/h1-4H,5-6H2;2-5H,6-7H2,1H3;1-2,5H,3-4,12H2;1-2,5H,3-4,12-13H2;2-3,6H,4-5,11H2,1H3;2-3,6H,4-5,11-12H2,1H3;1-4H,5-6,12H2;2-5H,6-7,11H2,1H3;1-4H,5H2;1-2H3;1-2H2;1H4;(H,2,3,4);;1H2/q;;;;;;;;;;;;;+1;/p-1. The van der Waals surface area contributed by atoms with Crippen LogP contribution in [0.1, 0.15) is 202 Å². The van der Waals surface area contributed by atoms with Crippen LogP contribution in [-0.4, -0.2) is 48.2 Å². The Kier molecular flexibility index (Phi) is 43.8. The van der Waals surface area contributed by atoms with Gasteiger partial charge in [-0.1, -0.05) is 200 Å². The van der Waals surface area contributed by atoms with Crippen LogP contribution in [0.2, 0.25) is 0 Å².